The molecule has 2 aromatic rings. The highest BCUT2D eigenvalue weighted by Crippen LogP contribution is 2.34. The molecular formula is C26H30N6OS. The topological polar surface area (TPSA) is 96.1 Å². The minimum absolute atomic E-state index is 0.253. The number of hydrogen-bond acceptors (Lipinski definition) is 7. The number of hydrogen-bond donors (Lipinski definition) is 1. The van der Waals surface area contributed by atoms with E-state index in [1.54, 1.807) is 0 Å². The van der Waals surface area contributed by atoms with Crippen LogP contribution in [0.15, 0.2) is 41.9 Å². The summed E-state index contributed by atoms with van der Waals surface area (Å²) >= 11 is 1.50. The Balaban J connectivity index is 1.86. The lowest BCUT2D eigenvalue weighted by Crippen LogP contribution is -2.42. The number of nitrogens with one attached hydrogen (secondary N) is 1. The van der Waals surface area contributed by atoms with Crippen LogP contribution in [0.3, 0.4) is 0 Å². The molecule has 8 heteroatoms. The molecule has 7 nitrogen and oxygen atoms in total. The predicted octanol–water partition coefficient (Wildman–Crippen LogP) is 4.33. The third-order valence-corrected chi connectivity index (χ3v) is 7.15. The molecule has 2 heterocycles. The summed E-state index contributed by atoms with van der Waals surface area (Å²) < 4.78 is 0. The highest BCUT2D eigenvalue weighted by molar-refractivity contribution is 7.98. The molecule has 1 saturated heterocycles. The Morgan fingerprint density at radius 2 is 1.88 bits per heavy atom. The number of piperidine rings is 1. The van der Waals surface area contributed by atoms with Crippen molar-refractivity contribution in [3.05, 3.63) is 59.2 Å². The molecule has 0 spiro atoms. The van der Waals surface area contributed by atoms with Crippen molar-refractivity contribution in [1.82, 2.24) is 9.88 Å². The van der Waals surface area contributed by atoms with Crippen LogP contribution in [0, 0.1) is 22.7 Å². The molecule has 1 amide bonds. The van der Waals surface area contributed by atoms with E-state index in [9.17, 15) is 15.3 Å². The van der Waals surface area contributed by atoms with Crippen molar-refractivity contribution >= 4 is 29.2 Å². The fraction of sp³-hybridized carbons (Fsp3) is 0.385. The summed E-state index contributed by atoms with van der Waals surface area (Å²) in [6, 6.07) is 12.7. The van der Waals surface area contributed by atoms with E-state index in [0.29, 0.717) is 45.9 Å². The fourth-order valence-electron chi connectivity index (χ4n) is 4.14. The number of nitriles is 2. The predicted molar refractivity (Wildman–Crippen MR) is 137 cm³/mol. The van der Waals surface area contributed by atoms with Crippen molar-refractivity contribution < 1.29 is 4.79 Å². The zero-order chi connectivity index (χ0) is 24.7. The second kappa shape index (κ2) is 11.7. The Bertz CT molecular complexity index is 1120. The van der Waals surface area contributed by atoms with Gasteiger partial charge in [0, 0.05) is 30.6 Å². The van der Waals surface area contributed by atoms with E-state index >= 15 is 0 Å². The molecule has 0 radical (unpaired) electrons. The first-order valence-electron chi connectivity index (χ1n) is 11.3. The largest absolute Gasteiger partial charge is 0.355 e. The van der Waals surface area contributed by atoms with Gasteiger partial charge in [-0.25, -0.2) is 4.98 Å². The maximum absolute atomic E-state index is 11.5. The lowest BCUT2D eigenvalue weighted by molar-refractivity contribution is -0.111. The van der Waals surface area contributed by atoms with Gasteiger partial charge < -0.3 is 15.1 Å². The zero-order valence-electron chi connectivity index (χ0n) is 20.0. The Morgan fingerprint density at radius 1 is 1.24 bits per heavy atom. The van der Waals surface area contributed by atoms with Gasteiger partial charge in [-0.2, -0.15) is 10.5 Å². The van der Waals surface area contributed by atoms with Crippen molar-refractivity contribution in [3.8, 4) is 12.1 Å². The van der Waals surface area contributed by atoms with Crippen LogP contribution < -0.4 is 10.2 Å². The Kier molecular flexibility index (Phi) is 8.70. The number of pyridine rings is 1. The maximum atomic E-state index is 11.5. The van der Waals surface area contributed by atoms with Crippen LogP contribution in [0.25, 0.3) is 0 Å². The number of rotatable bonds is 8. The average molecular weight is 475 g/mol. The van der Waals surface area contributed by atoms with Crippen LogP contribution in [-0.2, 0) is 17.0 Å². The normalized spacial score (nSPS) is 13.9. The molecule has 1 N–H and O–H groups in total. The number of nitrogens with zero attached hydrogens (tertiary/aromatic N) is 5. The molecule has 0 atom stereocenters. The maximum Gasteiger partial charge on any atom is 0.247 e. The average Bonchev–Trinajstić information content (AvgIpc) is 2.87. The summed E-state index contributed by atoms with van der Waals surface area (Å²) in [6.45, 7) is 7.10. The smallest absolute Gasteiger partial charge is 0.247 e. The summed E-state index contributed by atoms with van der Waals surface area (Å²) in [5.74, 6) is 1.06. The first-order chi connectivity index (χ1) is 16.4. The van der Waals surface area contributed by atoms with E-state index in [2.05, 4.69) is 47.9 Å². The summed E-state index contributed by atoms with van der Waals surface area (Å²) in [4.78, 5) is 20.8. The molecule has 1 fully saturated rings. The highest BCUT2D eigenvalue weighted by atomic mass is 32.2. The molecule has 0 saturated carbocycles. The molecule has 1 aromatic heterocycles. The van der Waals surface area contributed by atoms with Crippen molar-refractivity contribution in [2.75, 3.05) is 37.4 Å². The van der Waals surface area contributed by atoms with Crippen LogP contribution in [0.1, 0.15) is 42.0 Å². The number of carbonyl (C=O) groups excluding carboxylic acids is 1. The third-order valence-electron chi connectivity index (χ3n) is 6.10. The number of amides is 1. The summed E-state index contributed by atoms with van der Waals surface area (Å²) in [7, 11) is 4.20. The van der Waals surface area contributed by atoms with Gasteiger partial charge in [-0.05, 0) is 62.7 Å². The quantitative estimate of drug-likeness (QED) is 0.449. The SMILES string of the molecule is C=CC(=O)Nc1ccc(CSc2nc(N3CCC(N(C)C)CC3)c(C#N)c(CC)c2C#N)cc1. The molecule has 34 heavy (non-hydrogen) atoms. The number of carbonyl (C=O) groups is 1. The first-order valence-corrected chi connectivity index (χ1v) is 12.3. The molecule has 176 valence electrons. The van der Waals surface area contributed by atoms with Crippen molar-refractivity contribution in [1.29, 1.82) is 10.5 Å². The van der Waals surface area contributed by atoms with Gasteiger partial charge >= 0.3 is 0 Å². The van der Waals surface area contributed by atoms with Gasteiger partial charge in [-0.1, -0.05) is 25.6 Å². The van der Waals surface area contributed by atoms with E-state index in [1.165, 1.54) is 17.8 Å². The van der Waals surface area contributed by atoms with Crippen LogP contribution >= 0.6 is 11.8 Å². The minimum atomic E-state index is -0.253. The number of benzene rings is 1. The number of aromatic nitrogens is 1. The summed E-state index contributed by atoms with van der Waals surface area (Å²) in [6.07, 6.45) is 3.85. The zero-order valence-corrected chi connectivity index (χ0v) is 20.8. The standard InChI is InChI=1S/C26H30N6OS/c1-5-21-22(15-27)25(32-13-11-20(12-14-32)31(3)4)30-26(23(21)16-28)34-17-18-7-9-19(10-8-18)29-24(33)6-2/h6-10,20H,2,5,11-14,17H2,1,3-4H3,(H,29,33). The van der Waals surface area contributed by atoms with E-state index in [4.69, 9.17) is 4.98 Å². The molecule has 0 unspecified atom stereocenters. The Morgan fingerprint density at radius 3 is 2.41 bits per heavy atom. The number of thioether (sulfide) groups is 1. The fourth-order valence-corrected chi connectivity index (χ4v) is 5.10. The third kappa shape index (κ3) is 5.77. The van der Waals surface area contributed by atoms with Crippen LogP contribution in [0.4, 0.5) is 11.5 Å². The molecule has 3 rings (SSSR count). The van der Waals surface area contributed by atoms with Crippen molar-refractivity contribution in [2.24, 2.45) is 0 Å². The minimum Gasteiger partial charge on any atom is -0.355 e. The van der Waals surface area contributed by atoms with Gasteiger partial charge in [0.2, 0.25) is 5.91 Å². The summed E-state index contributed by atoms with van der Waals surface area (Å²) in [5, 5.41) is 23.3. The molecular weight excluding hydrogens is 444 g/mol. The van der Waals surface area contributed by atoms with Gasteiger partial charge in [0.05, 0.1) is 11.1 Å². The van der Waals surface area contributed by atoms with Gasteiger partial charge in [0.15, 0.2) is 0 Å². The second-order valence-corrected chi connectivity index (χ2v) is 9.37. The highest BCUT2D eigenvalue weighted by Gasteiger charge is 2.27. The van der Waals surface area contributed by atoms with E-state index in [1.807, 2.05) is 31.2 Å². The van der Waals surface area contributed by atoms with Gasteiger partial charge in [-0.3, -0.25) is 4.79 Å². The van der Waals surface area contributed by atoms with Crippen LogP contribution in [0.2, 0.25) is 0 Å². The first kappa shape index (κ1) is 25.3. The monoisotopic (exact) mass is 474 g/mol. The molecule has 0 aliphatic carbocycles. The van der Waals surface area contributed by atoms with E-state index in [-0.39, 0.29) is 5.91 Å². The van der Waals surface area contributed by atoms with Crippen molar-refractivity contribution in [3.63, 3.8) is 0 Å². The number of anilines is 2. The van der Waals surface area contributed by atoms with Gasteiger partial charge in [-0.15, -0.1) is 11.8 Å². The Labute approximate surface area is 206 Å². The summed E-state index contributed by atoms with van der Waals surface area (Å²) in [5.41, 5.74) is 3.53. The van der Waals surface area contributed by atoms with E-state index in [0.717, 1.165) is 37.1 Å². The molecule has 1 aromatic carbocycles. The lowest BCUT2D eigenvalue weighted by atomic mass is 9.99. The lowest BCUT2D eigenvalue weighted by Gasteiger charge is -2.36. The molecule has 1 aliphatic heterocycles. The van der Waals surface area contributed by atoms with Gasteiger partial charge in [0.25, 0.3) is 0 Å². The van der Waals surface area contributed by atoms with Crippen LogP contribution in [0.5, 0.6) is 0 Å². The molecule has 1 aliphatic rings. The van der Waals surface area contributed by atoms with E-state index < -0.39 is 0 Å². The Hall–Kier alpha value is -3.33. The van der Waals surface area contributed by atoms with Crippen molar-refractivity contribution in [2.45, 2.75) is 43.0 Å². The van der Waals surface area contributed by atoms with Gasteiger partial charge in [0.1, 0.15) is 23.0 Å². The second-order valence-electron chi connectivity index (χ2n) is 8.41. The van der Waals surface area contributed by atoms with Crippen LogP contribution in [-0.4, -0.2) is 49.0 Å². The molecule has 0 bridgehead atoms.